The molecule has 4 rings (SSSR count). The highest BCUT2D eigenvalue weighted by Crippen LogP contribution is 2.44. The van der Waals surface area contributed by atoms with Gasteiger partial charge in [0.1, 0.15) is 0 Å². The van der Waals surface area contributed by atoms with Crippen molar-refractivity contribution in [2.24, 2.45) is 5.73 Å². The van der Waals surface area contributed by atoms with E-state index >= 15 is 0 Å². The number of rotatable bonds is 5. The van der Waals surface area contributed by atoms with Crippen molar-refractivity contribution in [2.75, 3.05) is 0 Å². The predicted octanol–water partition coefficient (Wildman–Crippen LogP) is 2.67. The molecule has 26 heavy (non-hydrogen) atoms. The first-order chi connectivity index (χ1) is 12.4. The number of aromatic nitrogens is 3. The second-order valence-electron chi connectivity index (χ2n) is 7.29. The number of amides is 1. The SMILES string of the molecule is CC(C)n1cc(-n2cc(C3CC3)c3cnc(CC(N)=O)cc32)ccc1=O. The summed E-state index contributed by atoms with van der Waals surface area (Å²) in [5, 5.41) is 1.10. The van der Waals surface area contributed by atoms with E-state index in [4.69, 9.17) is 5.73 Å². The second-order valence-corrected chi connectivity index (χ2v) is 7.29. The number of carbonyl (C=O) groups is 1. The Bertz CT molecular complexity index is 1060. The van der Waals surface area contributed by atoms with E-state index in [-0.39, 0.29) is 18.0 Å². The van der Waals surface area contributed by atoms with Crippen molar-refractivity contribution in [1.82, 2.24) is 14.1 Å². The molecule has 1 aliphatic carbocycles. The van der Waals surface area contributed by atoms with Crippen LogP contribution in [0.2, 0.25) is 0 Å². The van der Waals surface area contributed by atoms with Gasteiger partial charge in [-0.2, -0.15) is 0 Å². The van der Waals surface area contributed by atoms with Crippen LogP contribution in [0.4, 0.5) is 0 Å². The van der Waals surface area contributed by atoms with Crippen LogP contribution in [0.5, 0.6) is 0 Å². The van der Waals surface area contributed by atoms with Gasteiger partial charge in [0.15, 0.2) is 0 Å². The minimum Gasteiger partial charge on any atom is -0.369 e. The lowest BCUT2D eigenvalue weighted by atomic mass is 10.1. The molecule has 6 nitrogen and oxygen atoms in total. The lowest BCUT2D eigenvalue weighted by Crippen LogP contribution is -2.21. The van der Waals surface area contributed by atoms with Crippen LogP contribution >= 0.6 is 0 Å². The molecule has 3 aromatic rings. The number of carbonyl (C=O) groups excluding carboxylic acids is 1. The molecular weight excluding hydrogens is 328 g/mol. The van der Waals surface area contributed by atoms with Gasteiger partial charge in [-0.1, -0.05) is 0 Å². The van der Waals surface area contributed by atoms with Crippen molar-refractivity contribution < 1.29 is 4.79 Å². The van der Waals surface area contributed by atoms with Crippen LogP contribution in [0.1, 0.15) is 49.9 Å². The lowest BCUT2D eigenvalue weighted by Gasteiger charge is -2.13. The monoisotopic (exact) mass is 350 g/mol. The van der Waals surface area contributed by atoms with Gasteiger partial charge in [0, 0.05) is 36.1 Å². The quantitative estimate of drug-likeness (QED) is 0.768. The Hall–Kier alpha value is -2.89. The molecule has 0 spiro atoms. The second kappa shape index (κ2) is 6.12. The van der Waals surface area contributed by atoms with Crippen LogP contribution in [0.3, 0.4) is 0 Å². The number of hydrogen-bond donors (Lipinski definition) is 1. The summed E-state index contributed by atoms with van der Waals surface area (Å²) in [6, 6.07) is 5.45. The highest BCUT2D eigenvalue weighted by atomic mass is 16.1. The van der Waals surface area contributed by atoms with E-state index < -0.39 is 5.91 Å². The number of pyridine rings is 2. The largest absolute Gasteiger partial charge is 0.369 e. The Morgan fingerprint density at radius 2 is 2.08 bits per heavy atom. The summed E-state index contributed by atoms with van der Waals surface area (Å²) in [6.07, 6.45) is 8.36. The minimum atomic E-state index is -0.397. The number of nitrogens with two attached hydrogens (primary N) is 1. The van der Waals surface area contributed by atoms with Gasteiger partial charge in [-0.3, -0.25) is 14.6 Å². The van der Waals surface area contributed by atoms with E-state index in [0.29, 0.717) is 11.6 Å². The standard InChI is InChI=1S/C20H22N4O2/c1-12(2)23-10-15(5-6-20(23)26)24-11-17(13-3-4-13)16-9-22-14(7-18(16)24)8-19(21)25/h5-7,9-13H,3-4,8H2,1-2H3,(H2,21,25). The molecule has 0 radical (unpaired) electrons. The van der Waals surface area contributed by atoms with Gasteiger partial charge in [-0.15, -0.1) is 0 Å². The molecule has 0 atom stereocenters. The molecular formula is C20H22N4O2. The summed E-state index contributed by atoms with van der Waals surface area (Å²) >= 11 is 0. The molecule has 134 valence electrons. The highest BCUT2D eigenvalue weighted by Gasteiger charge is 2.28. The van der Waals surface area contributed by atoms with Crippen LogP contribution in [0.25, 0.3) is 16.6 Å². The summed E-state index contributed by atoms with van der Waals surface area (Å²) in [7, 11) is 0. The van der Waals surface area contributed by atoms with E-state index in [2.05, 4.69) is 15.7 Å². The van der Waals surface area contributed by atoms with Crippen molar-refractivity contribution in [3.8, 4) is 5.69 Å². The molecule has 0 aromatic carbocycles. The topological polar surface area (TPSA) is 82.9 Å². The van der Waals surface area contributed by atoms with Crippen LogP contribution in [-0.4, -0.2) is 20.0 Å². The van der Waals surface area contributed by atoms with Crippen molar-refractivity contribution in [3.05, 3.63) is 58.4 Å². The molecule has 0 unspecified atom stereocenters. The number of nitrogens with zero attached hydrogens (tertiary/aromatic N) is 3. The van der Waals surface area contributed by atoms with Gasteiger partial charge in [-0.05, 0) is 50.3 Å². The Balaban J connectivity index is 1.92. The molecule has 1 saturated carbocycles. The minimum absolute atomic E-state index is 0.0151. The third kappa shape index (κ3) is 2.92. The third-order valence-corrected chi connectivity index (χ3v) is 4.91. The van der Waals surface area contributed by atoms with Gasteiger partial charge in [0.05, 0.1) is 23.3 Å². The van der Waals surface area contributed by atoms with Crippen molar-refractivity contribution in [2.45, 2.75) is 45.1 Å². The summed E-state index contributed by atoms with van der Waals surface area (Å²) < 4.78 is 3.82. The summed E-state index contributed by atoms with van der Waals surface area (Å²) in [4.78, 5) is 27.8. The van der Waals surface area contributed by atoms with Crippen LogP contribution in [0.15, 0.2) is 41.6 Å². The van der Waals surface area contributed by atoms with Crippen molar-refractivity contribution in [1.29, 1.82) is 0 Å². The first kappa shape index (κ1) is 16.6. The van der Waals surface area contributed by atoms with Crippen molar-refractivity contribution >= 4 is 16.8 Å². The molecule has 0 saturated heterocycles. The maximum atomic E-state index is 12.1. The van der Waals surface area contributed by atoms with Gasteiger partial charge in [0.2, 0.25) is 5.91 Å². The molecule has 1 amide bonds. The average Bonchev–Trinajstić information content (AvgIpc) is 3.36. The molecule has 2 N–H and O–H groups in total. The van der Waals surface area contributed by atoms with Crippen LogP contribution in [0, 0.1) is 0 Å². The summed E-state index contributed by atoms with van der Waals surface area (Å²) in [6.45, 7) is 3.98. The first-order valence-electron chi connectivity index (χ1n) is 8.95. The molecule has 1 aliphatic rings. The highest BCUT2D eigenvalue weighted by molar-refractivity contribution is 5.87. The maximum absolute atomic E-state index is 12.1. The normalized spacial score (nSPS) is 14.3. The zero-order valence-corrected chi connectivity index (χ0v) is 15.0. The molecule has 3 aromatic heterocycles. The summed E-state index contributed by atoms with van der Waals surface area (Å²) in [5.41, 5.74) is 9.16. The molecule has 6 heteroatoms. The summed E-state index contributed by atoms with van der Waals surface area (Å²) in [5.74, 6) is 0.171. The van der Waals surface area contributed by atoms with Gasteiger partial charge in [0.25, 0.3) is 5.56 Å². The number of fused-ring (bicyclic) bond motifs is 1. The fourth-order valence-electron chi connectivity index (χ4n) is 3.43. The molecule has 3 heterocycles. The molecule has 0 aliphatic heterocycles. The Morgan fingerprint density at radius 1 is 1.31 bits per heavy atom. The van der Waals surface area contributed by atoms with Crippen molar-refractivity contribution in [3.63, 3.8) is 0 Å². The van der Waals surface area contributed by atoms with Crippen LogP contribution in [-0.2, 0) is 11.2 Å². The third-order valence-electron chi connectivity index (χ3n) is 4.91. The molecule has 1 fully saturated rings. The van der Waals surface area contributed by atoms with E-state index in [1.54, 1.807) is 10.6 Å². The maximum Gasteiger partial charge on any atom is 0.250 e. The zero-order chi connectivity index (χ0) is 18.4. The van der Waals surface area contributed by atoms with Gasteiger partial charge < -0.3 is 14.9 Å². The average molecular weight is 350 g/mol. The smallest absolute Gasteiger partial charge is 0.250 e. The molecule has 0 bridgehead atoms. The van der Waals surface area contributed by atoms with E-state index in [1.807, 2.05) is 38.4 Å². The lowest BCUT2D eigenvalue weighted by molar-refractivity contribution is -0.117. The predicted molar refractivity (Wildman–Crippen MR) is 101 cm³/mol. The van der Waals surface area contributed by atoms with E-state index in [9.17, 15) is 9.59 Å². The van der Waals surface area contributed by atoms with Gasteiger partial charge in [-0.25, -0.2) is 0 Å². The number of hydrogen-bond acceptors (Lipinski definition) is 3. The Kier molecular flexibility index (Phi) is 3.90. The zero-order valence-electron chi connectivity index (χ0n) is 15.0. The first-order valence-corrected chi connectivity index (χ1v) is 8.95. The fraction of sp³-hybridized carbons (Fsp3) is 0.350. The van der Waals surface area contributed by atoms with Gasteiger partial charge >= 0.3 is 0 Å². The van der Waals surface area contributed by atoms with E-state index in [0.717, 1.165) is 16.6 Å². The Morgan fingerprint density at radius 3 is 2.73 bits per heavy atom. The van der Waals surface area contributed by atoms with E-state index in [1.165, 1.54) is 18.4 Å². The number of primary amides is 1. The van der Waals surface area contributed by atoms with Crippen LogP contribution < -0.4 is 11.3 Å². The Labute approximate surface area is 151 Å². The fourth-order valence-corrected chi connectivity index (χ4v) is 3.43.